The molecule has 0 aliphatic heterocycles. The number of hydrogen-bond donors (Lipinski definition) is 1. The number of thiophene rings is 1. The maximum atomic E-state index is 12.8. The van der Waals surface area contributed by atoms with Gasteiger partial charge in [-0.15, -0.1) is 23.1 Å². The van der Waals surface area contributed by atoms with E-state index < -0.39 is 0 Å². The summed E-state index contributed by atoms with van der Waals surface area (Å²) in [6, 6.07) is 18.1. The van der Waals surface area contributed by atoms with E-state index in [4.69, 9.17) is 9.47 Å². The minimum Gasteiger partial charge on any atom is -0.497 e. The molecule has 4 rings (SSSR count). The quantitative estimate of drug-likeness (QED) is 0.196. The van der Waals surface area contributed by atoms with E-state index in [1.54, 1.807) is 18.9 Å². The number of thioether (sulfide) groups is 1. The third kappa shape index (κ3) is 4.69. The number of nitrogens with zero attached hydrogens (tertiary/aromatic N) is 1. The number of rotatable bonds is 7. The lowest BCUT2D eigenvalue weighted by Gasteiger charge is -2.25. The van der Waals surface area contributed by atoms with Gasteiger partial charge in [-0.2, -0.15) is 0 Å². The second kappa shape index (κ2) is 10.2. The van der Waals surface area contributed by atoms with Crippen molar-refractivity contribution in [2.45, 2.75) is 35.6 Å². The van der Waals surface area contributed by atoms with Crippen molar-refractivity contribution < 1.29 is 19.5 Å². The maximum absolute atomic E-state index is 12.8. The molecule has 0 saturated heterocycles. The molecule has 1 aliphatic carbocycles. The number of carbonyl (C=O) groups excluding carboxylic acids is 1. The molecule has 0 spiro atoms. The molecule has 0 amide bonds. The highest BCUT2D eigenvalue weighted by Gasteiger charge is 2.34. The number of benzene rings is 2. The summed E-state index contributed by atoms with van der Waals surface area (Å²) in [4.78, 5) is 13.4. The fourth-order valence-electron chi connectivity index (χ4n) is 3.97. The third-order valence-electron chi connectivity index (χ3n) is 5.54. The predicted molar refractivity (Wildman–Crippen MR) is 129 cm³/mol. The Hall–Kier alpha value is -2.77. The monoisotopic (exact) mass is 467 g/mol. The van der Waals surface area contributed by atoms with E-state index in [-0.39, 0.29) is 11.9 Å². The molecule has 0 fully saturated rings. The Kier molecular flexibility index (Phi) is 7.17. The van der Waals surface area contributed by atoms with Crippen molar-refractivity contribution in [1.29, 1.82) is 0 Å². The molecule has 7 heteroatoms. The molecular formula is C25H25NO4S2. The predicted octanol–water partition coefficient (Wildman–Crippen LogP) is 6.13. The first-order chi connectivity index (χ1) is 15.6. The lowest BCUT2D eigenvalue weighted by atomic mass is 9.80. The first kappa shape index (κ1) is 22.4. The van der Waals surface area contributed by atoms with E-state index in [1.165, 1.54) is 16.9 Å². The van der Waals surface area contributed by atoms with Crippen LogP contribution in [0, 0.1) is 0 Å². The van der Waals surface area contributed by atoms with Gasteiger partial charge in [0, 0.05) is 17.7 Å². The molecule has 1 atom stereocenters. The lowest BCUT2D eigenvalue weighted by Crippen LogP contribution is -2.21. The summed E-state index contributed by atoms with van der Waals surface area (Å²) >= 11 is 3.11. The molecule has 1 N–H and O–H groups in total. The molecule has 1 aliphatic rings. The summed E-state index contributed by atoms with van der Waals surface area (Å²) < 4.78 is 11.6. The van der Waals surface area contributed by atoms with Crippen LogP contribution in [-0.4, -0.2) is 30.6 Å². The molecule has 0 radical (unpaired) electrons. The van der Waals surface area contributed by atoms with Crippen LogP contribution in [0.5, 0.6) is 5.75 Å². The van der Waals surface area contributed by atoms with E-state index in [9.17, 15) is 10.0 Å². The van der Waals surface area contributed by atoms with Gasteiger partial charge < -0.3 is 14.7 Å². The zero-order chi connectivity index (χ0) is 22.5. The Morgan fingerprint density at radius 1 is 1.16 bits per heavy atom. The molecule has 32 heavy (non-hydrogen) atoms. The Morgan fingerprint density at radius 3 is 2.56 bits per heavy atom. The van der Waals surface area contributed by atoms with Crippen LogP contribution in [0.4, 0.5) is 0 Å². The molecule has 3 aromatic rings. The standard InChI is InChI=1S/C25H25NO4S2/c1-3-30-24(27)23-20-13-18(17-9-11-19(29-2)12-10-17)14-21(26-28)22(20)25(32-23)31-15-16-7-5-4-6-8-16/h4-12,18,28H,3,13-15H2,1-2H3/b26-21-/t18-/m0/s1. The lowest BCUT2D eigenvalue weighted by molar-refractivity contribution is 0.0530. The smallest absolute Gasteiger partial charge is 0.348 e. The highest BCUT2D eigenvalue weighted by atomic mass is 32.2. The molecule has 2 aromatic carbocycles. The van der Waals surface area contributed by atoms with E-state index in [1.807, 2.05) is 49.4 Å². The fourth-order valence-corrected chi connectivity index (χ4v) is 6.49. The number of ether oxygens (including phenoxy) is 2. The van der Waals surface area contributed by atoms with Gasteiger partial charge in [0.1, 0.15) is 10.6 Å². The largest absolute Gasteiger partial charge is 0.497 e. The number of carbonyl (C=O) groups is 1. The van der Waals surface area contributed by atoms with Gasteiger partial charge in [-0.05, 0) is 48.1 Å². The van der Waals surface area contributed by atoms with Gasteiger partial charge in [0.05, 0.1) is 23.6 Å². The van der Waals surface area contributed by atoms with Crippen LogP contribution >= 0.6 is 23.1 Å². The molecule has 0 bridgehead atoms. The van der Waals surface area contributed by atoms with Crippen molar-refractivity contribution in [3.63, 3.8) is 0 Å². The van der Waals surface area contributed by atoms with Crippen molar-refractivity contribution in [3.8, 4) is 5.75 Å². The average molecular weight is 468 g/mol. The summed E-state index contributed by atoms with van der Waals surface area (Å²) in [5, 5.41) is 13.6. The SMILES string of the molecule is CCOC(=O)c1sc(SCc2ccccc2)c2c1C[C@H](c1ccc(OC)cc1)C/C2=N/O. The average Bonchev–Trinajstić information content (AvgIpc) is 3.22. The summed E-state index contributed by atoms with van der Waals surface area (Å²) in [5.74, 6) is 1.36. The Bertz CT molecular complexity index is 1110. The van der Waals surface area contributed by atoms with Crippen LogP contribution in [0.1, 0.15) is 51.2 Å². The van der Waals surface area contributed by atoms with Crippen LogP contribution < -0.4 is 4.74 Å². The molecule has 0 saturated carbocycles. The topological polar surface area (TPSA) is 68.1 Å². The zero-order valence-corrected chi connectivity index (χ0v) is 19.7. The van der Waals surface area contributed by atoms with E-state index >= 15 is 0 Å². The number of esters is 1. The second-order valence-electron chi connectivity index (χ2n) is 7.49. The van der Waals surface area contributed by atoms with Crippen LogP contribution in [0.25, 0.3) is 0 Å². The summed E-state index contributed by atoms with van der Waals surface area (Å²) in [7, 11) is 1.64. The van der Waals surface area contributed by atoms with Crippen molar-refractivity contribution in [1.82, 2.24) is 0 Å². The van der Waals surface area contributed by atoms with Crippen LogP contribution in [0.3, 0.4) is 0 Å². The molecule has 166 valence electrons. The minimum absolute atomic E-state index is 0.106. The van der Waals surface area contributed by atoms with Crippen molar-refractivity contribution >= 4 is 34.8 Å². The van der Waals surface area contributed by atoms with Gasteiger partial charge in [0.2, 0.25) is 0 Å². The third-order valence-corrected chi connectivity index (χ3v) is 8.09. The minimum atomic E-state index is -0.312. The molecule has 0 unspecified atom stereocenters. The first-order valence-corrected chi connectivity index (χ1v) is 12.3. The van der Waals surface area contributed by atoms with E-state index in [0.717, 1.165) is 32.4 Å². The normalized spacial score (nSPS) is 16.6. The van der Waals surface area contributed by atoms with Crippen molar-refractivity contribution in [3.05, 3.63) is 81.7 Å². The Labute approximate surface area is 196 Å². The van der Waals surface area contributed by atoms with Crippen molar-refractivity contribution in [2.24, 2.45) is 5.16 Å². The highest BCUT2D eigenvalue weighted by Crippen LogP contribution is 2.45. The van der Waals surface area contributed by atoms with Gasteiger partial charge >= 0.3 is 5.97 Å². The van der Waals surface area contributed by atoms with Gasteiger partial charge in [-0.3, -0.25) is 0 Å². The van der Waals surface area contributed by atoms with Gasteiger partial charge in [0.15, 0.2) is 0 Å². The summed E-state index contributed by atoms with van der Waals surface area (Å²) in [5.41, 5.74) is 4.76. The van der Waals surface area contributed by atoms with Crippen LogP contribution in [0.2, 0.25) is 0 Å². The van der Waals surface area contributed by atoms with E-state index in [2.05, 4.69) is 17.3 Å². The number of methoxy groups -OCH3 is 1. The highest BCUT2D eigenvalue weighted by molar-refractivity contribution is 8.00. The van der Waals surface area contributed by atoms with Crippen molar-refractivity contribution in [2.75, 3.05) is 13.7 Å². The summed E-state index contributed by atoms with van der Waals surface area (Å²) in [6.45, 7) is 2.13. The second-order valence-corrected chi connectivity index (χ2v) is 9.76. The van der Waals surface area contributed by atoms with Crippen LogP contribution in [-0.2, 0) is 16.9 Å². The Morgan fingerprint density at radius 2 is 1.91 bits per heavy atom. The number of oxime groups is 1. The number of hydrogen-bond acceptors (Lipinski definition) is 7. The van der Waals surface area contributed by atoms with Gasteiger partial charge in [-0.25, -0.2) is 4.79 Å². The maximum Gasteiger partial charge on any atom is 0.348 e. The van der Waals surface area contributed by atoms with Gasteiger partial charge in [0.25, 0.3) is 0 Å². The van der Waals surface area contributed by atoms with E-state index in [0.29, 0.717) is 30.0 Å². The Balaban J connectivity index is 1.70. The molecule has 5 nitrogen and oxygen atoms in total. The zero-order valence-electron chi connectivity index (χ0n) is 18.0. The number of fused-ring (bicyclic) bond motifs is 1. The first-order valence-electron chi connectivity index (χ1n) is 10.5. The fraction of sp³-hybridized carbons (Fsp3) is 0.280. The molecular weight excluding hydrogens is 442 g/mol. The molecule has 1 aromatic heterocycles. The van der Waals surface area contributed by atoms with Crippen LogP contribution in [0.15, 0.2) is 64.0 Å². The molecule has 1 heterocycles. The van der Waals surface area contributed by atoms with Gasteiger partial charge in [-0.1, -0.05) is 47.6 Å². The summed E-state index contributed by atoms with van der Waals surface area (Å²) in [6.07, 6.45) is 1.30.